The first-order valence-electron chi connectivity index (χ1n) is 7.79. The third-order valence-corrected chi connectivity index (χ3v) is 4.86. The van der Waals surface area contributed by atoms with E-state index in [9.17, 15) is 9.90 Å². The maximum Gasteiger partial charge on any atom is 0.252 e. The van der Waals surface area contributed by atoms with Crippen molar-refractivity contribution < 1.29 is 5.11 Å². The number of aromatic hydroxyl groups is 1. The Bertz CT molecular complexity index is 1040. The number of nitrogens with zero attached hydrogens (tertiary/aromatic N) is 2. The molecule has 0 spiro atoms. The fourth-order valence-corrected chi connectivity index (χ4v) is 3.56. The van der Waals surface area contributed by atoms with Crippen LogP contribution in [0.2, 0.25) is 0 Å². The minimum Gasteiger partial charge on any atom is -0.508 e. The van der Waals surface area contributed by atoms with Gasteiger partial charge in [0.2, 0.25) is 0 Å². The Morgan fingerprint density at radius 2 is 1.76 bits per heavy atom. The highest BCUT2D eigenvalue weighted by Gasteiger charge is 2.16. The number of phenols is 1. The van der Waals surface area contributed by atoms with Crippen LogP contribution < -0.4 is 10.9 Å². The Hall–Kier alpha value is -3.12. The highest BCUT2D eigenvalue weighted by atomic mass is 32.1. The summed E-state index contributed by atoms with van der Waals surface area (Å²) in [5.74, 6) is 0.183. The quantitative estimate of drug-likeness (QED) is 0.588. The Morgan fingerprint density at radius 1 is 1.00 bits per heavy atom. The van der Waals surface area contributed by atoms with E-state index in [-0.39, 0.29) is 11.3 Å². The average Bonchev–Trinajstić information content (AvgIpc) is 3.04. The molecule has 4 rings (SSSR count). The molecular weight excluding hydrogens is 334 g/mol. The molecule has 25 heavy (non-hydrogen) atoms. The lowest BCUT2D eigenvalue weighted by Gasteiger charge is -2.21. The summed E-state index contributed by atoms with van der Waals surface area (Å²) in [6, 6.07) is 19.7. The molecule has 1 unspecified atom stereocenters. The topological polar surface area (TPSA) is 67.2 Å². The van der Waals surface area contributed by atoms with Gasteiger partial charge in [-0.2, -0.15) is 0 Å². The molecule has 0 aliphatic carbocycles. The Labute approximate surface area is 147 Å². The van der Waals surface area contributed by atoms with Crippen LogP contribution in [-0.4, -0.2) is 14.7 Å². The molecule has 5 nitrogen and oxygen atoms in total. The van der Waals surface area contributed by atoms with Crippen molar-refractivity contribution in [3.8, 4) is 5.75 Å². The van der Waals surface area contributed by atoms with Crippen LogP contribution in [-0.2, 0) is 0 Å². The molecule has 6 heteroatoms. The van der Waals surface area contributed by atoms with Crippen molar-refractivity contribution in [3.63, 3.8) is 0 Å². The van der Waals surface area contributed by atoms with Gasteiger partial charge in [0.15, 0.2) is 5.13 Å². The summed E-state index contributed by atoms with van der Waals surface area (Å²) in [4.78, 5) is 16.9. The minimum atomic E-state index is -0.421. The molecule has 2 N–H and O–H groups in total. The number of benzene rings is 2. The number of phenolic OH excluding ortho intramolecular Hbond substituents is 1. The number of thiazole rings is 1. The molecule has 2 heterocycles. The number of fused-ring (bicyclic) bond motifs is 1. The summed E-state index contributed by atoms with van der Waals surface area (Å²) in [5.41, 5.74) is 1.65. The fraction of sp³-hybridized carbons (Fsp3) is 0.0526. The molecule has 0 fully saturated rings. The second-order valence-electron chi connectivity index (χ2n) is 5.57. The number of para-hydroxylation sites is 1. The molecule has 1 atom stereocenters. The molecule has 0 aliphatic rings. The molecule has 0 saturated heterocycles. The fourth-order valence-electron chi connectivity index (χ4n) is 2.67. The molecule has 0 saturated carbocycles. The molecule has 4 aromatic rings. The largest absolute Gasteiger partial charge is 0.508 e. The van der Waals surface area contributed by atoms with E-state index in [0.29, 0.717) is 0 Å². The van der Waals surface area contributed by atoms with Gasteiger partial charge in [-0.05, 0) is 35.9 Å². The summed E-state index contributed by atoms with van der Waals surface area (Å²) < 4.78 is 2.69. The van der Waals surface area contributed by atoms with Gasteiger partial charge in [-0.25, -0.2) is 4.98 Å². The smallest absolute Gasteiger partial charge is 0.252 e. The van der Waals surface area contributed by atoms with Crippen molar-refractivity contribution in [1.82, 2.24) is 9.55 Å². The van der Waals surface area contributed by atoms with E-state index in [2.05, 4.69) is 10.3 Å². The van der Waals surface area contributed by atoms with E-state index >= 15 is 0 Å². The summed E-state index contributed by atoms with van der Waals surface area (Å²) in [7, 11) is 0. The second kappa shape index (κ2) is 6.41. The number of aromatic nitrogens is 2. The van der Waals surface area contributed by atoms with Crippen molar-refractivity contribution in [3.05, 3.63) is 88.8 Å². The maximum absolute atomic E-state index is 12.3. The lowest BCUT2D eigenvalue weighted by Crippen LogP contribution is -2.29. The standard InChI is InChI=1S/C19H15N3O2S/c23-14-10-8-13(9-11-14)18(22-12-4-3-7-17(22)24)21-19-20-15-5-1-2-6-16(15)25-19/h1-12,18,23H,(H,20,21). The average molecular weight is 349 g/mol. The molecule has 2 aromatic heterocycles. The first-order valence-corrected chi connectivity index (χ1v) is 8.60. The number of rotatable bonds is 4. The normalized spacial score (nSPS) is 12.2. The van der Waals surface area contributed by atoms with Crippen LogP contribution in [0.5, 0.6) is 5.75 Å². The van der Waals surface area contributed by atoms with Gasteiger partial charge in [0.1, 0.15) is 11.9 Å². The number of hydrogen-bond donors (Lipinski definition) is 2. The van der Waals surface area contributed by atoms with Crippen molar-refractivity contribution in [2.75, 3.05) is 5.32 Å². The van der Waals surface area contributed by atoms with Crippen LogP contribution in [0.15, 0.2) is 77.7 Å². The number of nitrogens with one attached hydrogen (secondary N) is 1. The van der Waals surface area contributed by atoms with Crippen molar-refractivity contribution >= 4 is 26.7 Å². The highest BCUT2D eigenvalue weighted by molar-refractivity contribution is 7.22. The van der Waals surface area contributed by atoms with Gasteiger partial charge in [-0.3, -0.25) is 9.36 Å². The number of anilines is 1. The highest BCUT2D eigenvalue weighted by Crippen LogP contribution is 2.29. The zero-order valence-electron chi connectivity index (χ0n) is 13.2. The van der Waals surface area contributed by atoms with Crippen LogP contribution >= 0.6 is 11.3 Å². The summed E-state index contributed by atoms with van der Waals surface area (Å²) in [5, 5.41) is 13.6. The van der Waals surface area contributed by atoms with Crippen molar-refractivity contribution in [1.29, 1.82) is 0 Å². The lowest BCUT2D eigenvalue weighted by molar-refractivity contribution is 0.474. The molecule has 0 aliphatic heterocycles. The van der Waals surface area contributed by atoms with E-state index in [1.165, 1.54) is 17.4 Å². The molecular formula is C19H15N3O2S. The Morgan fingerprint density at radius 3 is 2.52 bits per heavy atom. The first-order chi connectivity index (χ1) is 12.2. The maximum atomic E-state index is 12.3. The van der Waals surface area contributed by atoms with Crippen LogP contribution in [0.3, 0.4) is 0 Å². The van der Waals surface area contributed by atoms with Crippen molar-refractivity contribution in [2.24, 2.45) is 0 Å². The molecule has 0 bridgehead atoms. The molecule has 2 aromatic carbocycles. The van der Waals surface area contributed by atoms with E-state index in [0.717, 1.165) is 20.9 Å². The van der Waals surface area contributed by atoms with Crippen LogP contribution in [0.25, 0.3) is 10.2 Å². The third-order valence-electron chi connectivity index (χ3n) is 3.89. The van der Waals surface area contributed by atoms with Crippen LogP contribution in [0.4, 0.5) is 5.13 Å². The predicted octanol–water partition coefficient (Wildman–Crippen LogP) is 3.82. The van der Waals surface area contributed by atoms with Crippen molar-refractivity contribution in [2.45, 2.75) is 6.17 Å². The van der Waals surface area contributed by atoms with Gasteiger partial charge in [0.25, 0.3) is 5.56 Å². The molecule has 0 amide bonds. The van der Waals surface area contributed by atoms with E-state index < -0.39 is 6.17 Å². The zero-order chi connectivity index (χ0) is 17.2. The van der Waals surface area contributed by atoms with Gasteiger partial charge in [0.05, 0.1) is 10.2 Å². The van der Waals surface area contributed by atoms with Gasteiger partial charge in [-0.15, -0.1) is 0 Å². The zero-order valence-corrected chi connectivity index (χ0v) is 14.0. The number of pyridine rings is 1. The third kappa shape index (κ3) is 3.12. The van der Waals surface area contributed by atoms with E-state index in [4.69, 9.17) is 0 Å². The second-order valence-corrected chi connectivity index (χ2v) is 6.60. The summed E-state index contributed by atoms with van der Waals surface area (Å²) >= 11 is 1.54. The van der Waals surface area contributed by atoms with E-state index in [1.54, 1.807) is 41.1 Å². The Kier molecular flexibility index (Phi) is 3.95. The van der Waals surface area contributed by atoms with E-state index in [1.807, 2.05) is 30.3 Å². The molecule has 124 valence electrons. The van der Waals surface area contributed by atoms with Gasteiger partial charge < -0.3 is 10.4 Å². The lowest BCUT2D eigenvalue weighted by atomic mass is 10.1. The van der Waals surface area contributed by atoms with Crippen LogP contribution in [0.1, 0.15) is 11.7 Å². The predicted molar refractivity (Wildman–Crippen MR) is 100 cm³/mol. The van der Waals surface area contributed by atoms with Gasteiger partial charge in [0, 0.05) is 12.3 Å². The summed E-state index contributed by atoms with van der Waals surface area (Å²) in [6.07, 6.45) is 1.31. The Balaban J connectivity index is 1.78. The first kappa shape index (κ1) is 15.4. The monoisotopic (exact) mass is 349 g/mol. The van der Waals surface area contributed by atoms with Gasteiger partial charge >= 0.3 is 0 Å². The minimum absolute atomic E-state index is 0.116. The number of hydrogen-bond acceptors (Lipinski definition) is 5. The van der Waals surface area contributed by atoms with Gasteiger partial charge in [-0.1, -0.05) is 41.7 Å². The summed E-state index contributed by atoms with van der Waals surface area (Å²) in [6.45, 7) is 0. The molecule has 0 radical (unpaired) electrons. The SMILES string of the molecule is O=c1ccccn1C(Nc1nc2ccccc2s1)c1ccc(O)cc1. The van der Waals surface area contributed by atoms with Crippen LogP contribution in [0, 0.1) is 0 Å².